The lowest BCUT2D eigenvalue weighted by atomic mass is 10.1. The summed E-state index contributed by atoms with van der Waals surface area (Å²) in [6, 6.07) is 0. The molecule has 0 saturated carbocycles. The highest BCUT2D eigenvalue weighted by atomic mass is 31.1. The second-order valence-electron chi connectivity index (χ2n) is 5.24. The molecule has 0 aromatic carbocycles. The fourth-order valence-electron chi connectivity index (χ4n) is 2.80. The van der Waals surface area contributed by atoms with Crippen LogP contribution in [0.5, 0.6) is 0 Å². The van der Waals surface area contributed by atoms with Gasteiger partial charge in [-0.05, 0) is 0 Å². The molecule has 15 heteroatoms. The number of hydrogen-bond donors (Lipinski definition) is 3. The van der Waals surface area contributed by atoms with Crippen LogP contribution in [0.4, 0.5) is 5.95 Å². The van der Waals surface area contributed by atoms with E-state index in [1.807, 2.05) is 0 Å². The van der Waals surface area contributed by atoms with Crippen molar-refractivity contribution in [2.75, 3.05) is 12.3 Å². The first-order valence-corrected chi connectivity index (χ1v) is 9.14. The first kappa shape index (κ1) is 16.6. The van der Waals surface area contributed by atoms with Gasteiger partial charge in [0.15, 0.2) is 29.6 Å². The Morgan fingerprint density at radius 1 is 1.48 bits per heavy atom. The largest absolute Gasteiger partial charge is 0.698 e. The molecule has 132 valence electrons. The molecule has 25 heavy (non-hydrogen) atoms. The lowest BCUT2D eigenvalue weighted by Gasteiger charge is -2.15. The molecule has 0 spiro atoms. The van der Waals surface area contributed by atoms with Crippen LogP contribution in [0.1, 0.15) is 6.23 Å². The summed E-state index contributed by atoms with van der Waals surface area (Å²) in [7, 11) is -5.21. The molecule has 4 unspecified atom stereocenters. The number of imidazole rings is 1. The summed E-state index contributed by atoms with van der Waals surface area (Å²) < 4.78 is 44.6. The SMILES string of the molecule is Nc1nc2c(ncn2[C@@H]2O[C@H](CO[P+](=O)O)C3O[P+](=O)OC32)c(=O)[nH]1. The van der Waals surface area contributed by atoms with Crippen LogP contribution in [0.3, 0.4) is 0 Å². The third-order valence-electron chi connectivity index (χ3n) is 3.78. The Hall–Kier alpha value is -1.85. The van der Waals surface area contributed by atoms with Gasteiger partial charge in [-0.1, -0.05) is 0 Å². The van der Waals surface area contributed by atoms with Gasteiger partial charge < -0.3 is 10.5 Å². The molecule has 4 heterocycles. The normalized spacial score (nSPS) is 30.8. The second kappa shape index (κ2) is 6.15. The molecule has 2 aromatic heterocycles. The third kappa shape index (κ3) is 2.85. The maximum absolute atomic E-state index is 11.9. The number of ether oxygens (including phenoxy) is 1. The maximum Gasteiger partial charge on any atom is 0.698 e. The Balaban J connectivity index is 1.71. The van der Waals surface area contributed by atoms with Crippen LogP contribution in [-0.2, 0) is 27.4 Å². The Morgan fingerprint density at radius 3 is 3.00 bits per heavy atom. The number of aromatic amines is 1. The zero-order valence-electron chi connectivity index (χ0n) is 12.2. The van der Waals surface area contributed by atoms with E-state index in [4.69, 9.17) is 24.4 Å². The molecule has 6 atom stereocenters. The van der Waals surface area contributed by atoms with E-state index in [1.54, 1.807) is 0 Å². The molecule has 4 rings (SSSR count). The molecule has 0 radical (unpaired) electrons. The minimum atomic E-state index is -2.83. The van der Waals surface area contributed by atoms with Gasteiger partial charge in [-0.3, -0.25) is 14.3 Å². The Labute approximate surface area is 140 Å². The average Bonchev–Trinajstić information content (AvgIpc) is 3.18. The number of anilines is 1. The van der Waals surface area contributed by atoms with Crippen LogP contribution in [0, 0.1) is 0 Å². The number of nitrogens with one attached hydrogen (secondary N) is 1. The molecule has 13 nitrogen and oxygen atoms in total. The molecule has 0 aliphatic carbocycles. The molecule has 4 N–H and O–H groups in total. The number of rotatable bonds is 4. The van der Waals surface area contributed by atoms with Crippen molar-refractivity contribution < 1.29 is 32.3 Å². The highest BCUT2D eigenvalue weighted by Gasteiger charge is 2.61. The lowest BCUT2D eigenvalue weighted by molar-refractivity contribution is -0.0503. The van der Waals surface area contributed by atoms with Gasteiger partial charge >= 0.3 is 16.5 Å². The number of fused-ring (bicyclic) bond motifs is 2. The smallest absolute Gasteiger partial charge is 0.369 e. The van der Waals surface area contributed by atoms with Gasteiger partial charge in [-0.15, -0.1) is 18.5 Å². The third-order valence-corrected chi connectivity index (χ3v) is 4.98. The van der Waals surface area contributed by atoms with Gasteiger partial charge in [0.25, 0.3) is 5.56 Å². The van der Waals surface area contributed by atoms with Crippen molar-refractivity contribution in [3.8, 4) is 0 Å². The van der Waals surface area contributed by atoms with E-state index in [-0.39, 0.29) is 23.7 Å². The van der Waals surface area contributed by atoms with Crippen molar-refractivity contribution in [3.63, 3.8) is 0 Å². The molecular formula is C10H11N5O8P2+2. The summed E-state index contributed by atoms with van der Waals surface area (Å²) in [5.74, 6) is -0.111. The fourth-order valence-corrected chi connectivity index (χ4v) is 4.00. The number of aromatic nitrogens is 4. The van der Waals surface area contributed by atoms with Gasteiger partial charge in [0.1, 0.15) is 12.7 Å². The van der Waals surface area contributed by atoms with Crippen LogP contribution < -0.4 is 11.3 Å². The first-order chi connectivity index (χ1) is 11.9. The van der Waals surface area contributed by atoms with Crippen molar-refractivity contribution in [1.29, 1.82) is 0 Å². The second-order valence-corrected chi connectivity index (χ2v) is 6.84. The van der Waals surface area contributed by atoms with E-state index in [1.165, 1.54) is 10.9 Å². The highest BCUT2D eigenvalue weighted by Crippen LogP contribution is 2.49. The molecule has 2 aromatic rings. The number of nitrogens with two attached hydrogens (primary N) is 1. The van der Waals surface area contributed by atoms with Crippen LogP contribution in [-0.4, -0.2) is 49.3 Å². The number of H-pyrrole nitrogens is 1. The predicted molar refractivity (Wildman–Crippen MR) is 79.6 cm³/mol. The summed E-state index contributed by atoms with van der Waals surface area (Å²) in [6.45, 7) is -0.279. The summed E-state index contributed by atoms with van der Waals surface area (Å²) in [4.78, 5) is 31.0. The van der Waals surface area contributed by atoms with Crippen LogP contribution >= 0.6 is 16.5 Å². The maximum atomic E-state index is 11.9. The molecular weight excluding hydrogens is 380 g/mol. The molecule has 2 aliphatic rings. The summed E-state index contributed by atoms with van der Waals surface area (Å²) >= 11 is 0. The number of hydrogen-bond acceptors (Lipinski definition) is 10. The van der Waals surface area contributed by atoms with E-state index >= 15 is 0 Å². The Bertz CT molecular complexity index is 930. The van der Waals surface area contributed by atoms with Gasteiger partial charge in [0.05, 0.1) is 6.33 Å². The molecule has 0 bridgehead atoms. The van der Waals surface area contributed by atoms with Crippen molar-refractivity contribution in [3.05, 3.63) is 16.7 Å². The Kier molecular flexibility index (Phi) is 4.08. The highest BCUT2D eigenvalue weighted by molar-refractivity contribution is 7.33. The zero-order chi connectivity index (χ0) is 17.7. The first-order valence-electron chi connectivity index (χ1n) is 6.91. The minimum absolute atomic E-state index is 0.0378. The van der Waals surface area contributed by atoms with Gasteiger partial charge in [0.2, 0.25) is 5.95 Å². The van der Waals surface area contributed by atoms with Gasteiger partial charge in [0, 0.05) is 9.13 Å². The van der Waals surface area contributed by atoms with Crippen molar-refractivity contribution >= 4 is 33.6 Å². The average molecular weight is 391 g/mol. The quantitative estimate of drug-likeness (QED) is 0.582. The summed E-state index contributed by atoms with van der Waals surface area (Å²) in [5, 5.41) is 0. The molecule has 2 aliphatic heterocycles. The summed E-state index contributed by atoms with van der Waals surface area (Å²) in [6.07, 6.45) is -2.01. The monoisotopic (exact) mass is 391 g/mol. The Morgan fingerprint density at radius 2 is 2.24 bits per heavy atom. The predicted octanol–water partition coefficient (Wildman–Crippen LogP) is -0.293. The summed E-state index contributed by atoms with van der Waals surface area (Å²) in [5.41, 5.74) is 5.21. The van der Waals surface area contributed by atoms with Gasteiger partial charge in [-0.25, -0.2) is 4.98 Å². The molecule has 2 fully saturated rings. The van der Waals surface area contributed by atoms with E-state index in [0.717, 1.165) is 0 Å². The van der Waals surface area contributed by atoms with Gasteiger partial charge in [-0.2, -0.15) is 4.98 Å². The van der Waals surface area contributed by atoms with Crippen LogP contribution in [0.25, 0.3) is 11.2 Å². The van der Waals surface area contributed by atoms with E-state index in [9.17, 15) is 13.9 Å². The fraction of sp³-hybridized carbons (Fsp3) is 0.500. The van der Waals surface area contributed by atoms with Crippen molar-refractivity contribution in [2.45, 2.75) is 24.5 Å². The topological polar surface area (TPSA) is 181 Å². The van der Waals surface area contributed by atoms with Crippen molar-refractivity contribution in [2.24, 2.45) is 0 Å². The van der Waals surface area contributed by atoms with Crippen LogP contribution in [0.2, 0.25) is 0 Å². The van der Waals surface area contributed by atoms with Crippen LogP contribution in [0.15, 0.2) is 11.1 Å². The molecule has 2 saturated heterocycles. The zero-order valence-corrected chi connectivity index (χ0v) is 14.0. The van der Waals surface area contributed by atoms with E-state index < -0.39 is 46.6 Å². The van der Waals surface area contributed by atoms with Crippen molar-refractivity contribution in [1.82, 2.24) is 19.5 Å². The number of nitrogen functional groups attached to an aromatic ring is 1. The van der Waals surface area contributed by atoms with E-state index in [2.05, 4.69) is 19.5 Å². The minimum Gasteiger partial charge on any atom is -0.369 e. The molecule has 0 amide bonds. The van der Waals surface area contributed by atoms with E-state index in [0.29, 0.717) is 0 Å². The lowest BCUT2D eigenvalue weighted by Crippen LogP contribution is -2.31. The standard InChI is InChI=1S/C10H9N5O8P2/c11-10-13-7-4(8(16)14-10)12-2-15(7)9-6-5(22-25(19)23-6)3(21-9)1-20-24(17)18/h2-3,5-6,9H,1H2,(H2-2,11,13,14,16,17,18)/p+2/t3-,5?,6?,9-/m1/s1. The number of nitrogens with zero attached hydrogens (tertiary/aromatic N) is 3.